The summed E-state index contributed by atoms with van der Waals surface area (Å²) < 4.78 is 0. The number of unbranched alkanes of at least 4 members (excludes halogenated alkanes) is 8. The first kappa shape index (κ1) is 32.2. The molecule has 3 aromatic carbocycles. The molecule has 3 aromatic rings. The smallest absolute Gasteiger partial charge is 0.0312 e. The Hall–Kier alpha value is -3.34. The van der Waals surface area contributed by atoms with Gasteiger partial charge >= 0.3 is 0 Å². The van der Waals surface area contributed by atoms with E-state index >= 15 is 0 Å². The Bertz CT molecular complexity index is 1240. The van der Waals surface area contributed by atoms with E-state index in [9.17, 15) is 0 Å². The number of benzene rings is 3. The first-order chi connectivity index (χ1) is 19.9. The lowest BCUT2D eigenvalue weighted by Crippen LogP contribution is -2.08. The third-order valence-electron chi connectivity index (χ3n) is 7.80. The van der Waals surface area contributed by atoms with Crippen molar-refractivity contribution < 1.29 is 0 Å². The molecule has 0 heteroatoms. The molecule has 3 rings (SSSR count). The van der Waals surface area contributed by atoms with Gasteiger partial charge in [-0.25, -0.2) is 0 Å². The summed E-state index contributed by atoms with van der Waals surface area (Å²) in [6.07, 6.45) is 18.8. The SMILES string of the molecule is C=CCCCCCCc1ccc(C(=C=C(c2ccc(CCCCCCC=C)cc2)C(C)(C)C)c2ccccc2)cc1. The monoisotopic (exact) mass is 544 g/mol. The van der Waals surface area contributed by atoms with Crippen LogP contribution in [0.25, 0.3) is 11.1 Å². The number of rotatable bonds is 17. The minimum Gasteiger partial charge on any atom is -0.107 e. The highest BCUT2D eigenvalue weighted by Gasteiger charge is 2.20. The van der Waals surface area contributed by atoms with Crippen molar-refractivity contribution in [2.75, 3.05) is 0 Å². The van der Waals surface area contributed by atoms with Gasteiger partial charge in [0.15, 0.2) is 0 Å². The third kappa shape index (κ3) is 11.2. The van der Waals surface area contributed by atoms with Gasteiger partial charge in [0, 0.05) is 11.1 Å². The van der Waals surface area contributed by atoms with E-state index in [0.29, 0.717) is 0 Å². The van der Waals surface area contributed by atoms with Crippen molar-refractivity contribution in [3.05, 3.63) is 138 Å². The van der Waals surface area contributed by atoms with Gasteiger partial charge < -0.3 is 0 Å². The fourth-order valence-electron chi connectivity index (χ4n) is 5.35. The van der Waals surface area contributed by atoms with Crippen molar-refractivity contribution in [1.82, 2.24) is 0 Å². The first-order valence-corrected chi connectivity index (χ1v) is 15.9. The van der Waals surface area contributed by atoms with Crippen LogP contribution in [0.5, 0.6) is 0 Å². The van der Waals surface area contributed by atoms with Gasteiger partial charge in [0.05, 0.1) is 0 Å². The zero-order chi connectivity index (χ0) is 29.3. The van der Waals surface area contributed by atoms with E-state index in [0.717, 1.165) is 31.3 Å². The highest BCUT2D eigenvalue weighted by Crippen LogP contribution is 2.36. The summed E-state index contributed by atoms with van der Waals surface area (Å²) >= 11 is 0. The molecule has 0 atom stereocenters. The fraction of sp³-hybridized carbons (Fsp3) is 0.390. The fourth-order valence-corrected chi connectivity index (χ4v) is 5.35. The molecule has 0 fully saturated rings. The van der Waals surface area contributed by atoms with Crippen LogP contribution in [0.1, 0.15) is 113 Å². The van der Waals surface area contributed by atoms with Crippen molar-refractivity contribution in [1.29, 1.82) is 0 Å². The summed E-state index contributed by atoms with van der Waals surface area (Å²) in [7, 11) is 0. The van der Waals surface area contributed by atoms with Crippen molar-refractivity contribution in [2.24, 2.45) is 5.41 Å². The van der Waals surface area contributed by atoms with Gasteiger partial charge in [-0.1, -0.05) is 137 Å². The van der Waals surface area contributed by atoms with E-state index < -0.39 is 0 Å². The maximum atomic E-state index is 3.94. The number of allylic oxidation sites excluding steroid dienone is 3. The van der Waals surface area contributed by atoms with Crippen LogP contribution in [0, 0.1) is 5.41 Å². The normalized spacial score (nSPS) is 11.1. The average molecular weight is 545 g/mol. The second kappa shape index (κ2) is 17.5. The Labute approximate surface area is 251 Å². The van der Waals surface area contributed by atoms with Gasteiger partial charge in [-0.2, -0.15) is 0 Å². The van der Waals surface area contributed by atoms with Crippen molar-refractivity contribution in [3.8, 4) is 0 Å². The second-order valence-corrected chi connectivity index (χ2v) is 12.4. The molecule has 216 valence electrons. The van der Waals surface area contributed by atoms with Crippen LogP contribution in [0.15, 0.2) is 110 Å². The van der Waals surface area contributed by atoms with Crippen molar-refractivity contribution in [3.63, 3.8) is 0 Å². The van der Waals surface area contributed by atoms with E-state index in [2.05, 4.69) is 119 Å². The van der Waals surface area contributed by atoms with E-state index in [1.807, 2.05) is 12.2 Å². The minimum absolute atomic E-state index is 0.0434. The molecule has 0 spiro atoms. The average Bonchev–Trinajstić information content (AvgIpc) is 2.98. The predicted octanol–water partition coefficient (Wildman–Crippen LogP) is 12.2. The van der Waals surface area contributed by atoms with Gasteiger partial charge in [-0.3, -0.25) is 0 Å². The topological polar surface area (TPSA) is 0 Å². The summed E-state index contributed by atoms with van der Waals surface area (Å²) in [4.78, 5) is 0. The summed E-state index contributed by atoms with van der Waals surface area (Å²) in [6.45, 7) is 14.6. The van der Waals surface area contributed by atoms with Gasteiger partial charge in [-0.15, -0.1) is 18.9 Å². The third-order valence-corrected chi connectivity index (χ3v) is 7.80. The molecule has 0 bridgehead atoms. The second-order valence-electron chi connectivity index (χ2n) is 12.4. The Kier molecular flexibility index (Phi) is 13.7. The van der Waals surface area contributed by atoms with Gasteiger partial charge in [0.1, 0.15) is 0 Å². The standard InChI is InChI=1S/C41H52/c1-6-8-10-12-14-17-21-34-25-29-37(30-26-34)39(36-23-19-16-20-24-36)33-40(41(3,4)5)38-31-27-35(28-32-38)22-18-15-13-11-9-7-2/h6-7,16,19-20,23-32H,1-2,8-15,17-18,21-22H2,3-5H3. The van der Waals surface area contributed by atoms with Crippen molar-refractivity contribution >= 4 is 11.1 Å². The van der Waals surface area contributed by atoms with E-state index in [1.54, 1.807) is 0 Å². The van der Waals surface area contributed by atoms with Gasteiger partial charge in [0.2, 0.25) is 0 Å². The van der Waals surface area contributed by atoms with Crippen molar-refractivity contribution in [2.45, 2.75) is 97.8 Å². The number of hydrogen-bond donors (Lipinski definition) is 0. The molecule has 0 amide bonds. The maximum absolute atomic E-state index is 3.94. The molecular weight excluding hydrogens is 492 g/mol. The minimum atomic E-state index is -0.0434. The summed E-state index contributed by atoms with van der Waals surface area (Å²) in [5.41, 5.74) is 12.8. The van der Waals surface area contributed by atoms with Crippen LogP contribution in [-0.2, 0) is 12.8 Å². The molecule has 0 N–H and O–H groups in total. The van der Waals surface area contributed by atoms with Crippen LogP contribution in [0.3, 0.4) is 0 Å². The summed E-state index contributed by atoms with van der Waals surface area (Å²) in [6, 6.07) is 29.2. The molecule has 0 aliphatic rings. The van der Waals surface area contributed by atoms with Crippen LogP contribution >= 0.6 is 0 Å². The molecule has 0 saturated heterocycles. The zero-order valence-electron chi connectivity index (χ0n) is 26.1. The Balaban J connectivity index is 1.86. The molecule has 0 aliphatic heterocycles. The van der Waals surface area contributed by atoms with E-state index in [4.69, 9.17) is 0 Å². The largest absolute Gasteiger partial charge is 0.107 e. The Morgan fingerprint density at radius 2 is 1.00 bits per heavy atom. The Morgan fingerprint density at radius 3 is 1.46 bits per heavy atom. The van der Waals surface area contributed by atoms with Crippen LogP contribution < -0.4 is 0 Å². The molecule has 0 radical (unpaired) electrons. The maximum Gasteiger partial charge on any atom is 0.0312 e. The molecular formula is C41H52. The molecule has 41 heavy (non-hydrogen) atoms. The van der Waals surface area contributed by atoms with Gasteiger partial charge in [0.25, 0.3) is 0 Å². The lowest BCUT2D eigenvalue weighted by Gasteiger charge is -2.22. The van der Waals surface area contributed by atoms with Crippen LogP contribution in [0.2, 0.25) is 0 Å². The van der Waals surface area contributed by atoms with Crippen LogP contribution in [0.4, 0.5) is 0 Å². The molecule has 0 saturated carbocycles. The zero-order valence-corrected chi connectivity index (χ0v) is 26.1. The van der Waals surface area contributed by atoms with Gasteiger partial charge in [-0.05, 0) is 84.6 Å². The summed E-state index contributed by atoms with van der Waals surface area (Å²) in [5, 5.41) is 0. The Morgan fingerprint density at radius 1 is 0.561 bits per heavy atom. The predicted molar refractivity (Wildman–Crippen MR) is 182 cm³/mol. The first-order valence-electron chi connectivity index (χ1n) is 15.9. The van der Waals surface area contributed by atoms with Crippen LogP contribution in [-0.4, -0.2) is 0 Å². The molecule has 0 unspecified atom stereocenters. The molecule has 0 aromatic heterocycles. The highest BCUT2D eigenvalue weighted by molar-refractivity contribution is 5.85. The van der Waals surface area contributed by atoms with E-state index in [-0.39, 0.29) is 5.41 Å². The number of hydrogen-bond acceptors (Lipinski definition) is 0. The molecule has 0 heterocycles. The molecule has 0 nitrogen and oxygen atoms in total. The summed E-state index contributed by atoms with van der Waals surface area (Å²) in [5.74, 6) is 0. The highest BCUT2D eigenvalue weighted by atomic mass is 14.2. The lowest BCUT2D eigenvalue weighted by molar-refractivity contribution is 0.567. The lowest BCUT2D eigenvalue weighted by atomic mass is 9.81. The number of aryl methyl sites for hydroxylation is 2. The van der Waals surface area contributed by atoms with E-state index in [1.165, 1.54) is 84.8 Å². The quantitative estimate of drug-likeness (QED) is 0.0900. The molecule has 0 aliphatic carbocycles.